The van der Waals surface area contributed by atoms with Crippen LogP contribution in [-0.4, -0.2) is 59.5 Å². The Bertz CT molecular complexity index is 675. The molecule has 1 aliphatic carbocycles. The molecule has 7 heteroatoms. The van der Waals surface area contributed by atoms with Crippen LogP contribution in [0.4, 0.5) is 0 Å². The smallest absolute Gasteiger partial charge is 0.313 e. The van der Waals surface area contributed by atoms with E-state index in [0.29, 0.717) is 28.8 Å². The van der Waals surface area contributed by atoms with E-state index in [1.807, 2.05) is 0 Å². The first-order chi connectivity index (χ1) is 11.5. The van der Waals surface area contributed by atoms with E-state index in [2.05, 4.69) is 4.90 Å². The molecular formula is C17H21ClN2O3S. The molecule has 0 bridgehead atoms. The number of carbonyl (C=O) groups is 2. The second-order valence-corrected chi connectivity index (χ2v) is 9.15. The molecule has 1 saturated carbocycles. The molecule has 24 heavy (non-hydrogen) atoms. The third kappa shape index (κ3) is 2.65. The molecule has 0 radical (unpaired) electrons. The highest BCUT2D eigenvalue weighted by Gasteiger charge is 2.58. The lowest BCUT2D eigenvalue weighted by Gasteiger charge is -2.31. The normalized spacial score (nSPS) is 30.4. The van der Waals surface area contributed by atoms with Gasteiger partial charge in [0, 0.05) is 38.6 Å². The SMILES string of the molecule is O=C(c1ccc(Cl)s1)N1C[C@H]2CN(CC3CCC3)C[C@@]2(C(=O)O)C1. The first-order valence-electron chi connectivity index (χ1n) is 8.48. The third-order valence-electron chi connectivity index (χ3n) is 5.92. The van der Waals surface area contributed by atoms with Crippen molar-refractivity contribution in [1.82, 2.24) is 9.80 Å². The number of rotatable bonds is 4. The summed E-state index contributed by atoms with van der Waals surface area (Å²) in [4.78, 5) is 29.3. The summed E-state index contributed by atoms with van der Waals surface area (Å²) in [6.07, 6.45) is 3.84. The van der Waals surface area contributed by atoms with Crippen molar-refractivity contribution in [2.24, 2.45) is 17.3 Å². The summed E-state index contributed by atoms with van der Waals surface area (Å²) in [5.74, 6) is -0.0919. The highest BCUT2D eigenvalue weighted by molar-refractivity contribution is 7.17. The Morgan fingerprint density at radius 2 is 2.08 bits per heavy atom. The molecule has 4 rings (SSSR count). The van der Waals surface area contributed by atoms with E-state index in [-0.39, 0.29) is 11.8 Å². The number of thiophene rings is 1. The van der Waals surface area contributed by atoms with Gasteiger partial charge >= 0.3 is 5.97 Å². The lowest BCUT2D eigenvalue weighted by atomic mass is 9.81. The summed E-state index contributed by atoms with van der Waals surface area (Å²) < 4.78 is 0.581. The molecule has 0 spiro atoms. The molecule has 3 heterocycles. The highest BCUT2D eigenvalue weighted by Crippen LogP contribution is 2.44. The molecule has 2 aliphatic heterocycles. The van der Waals surface area contributed by atoms with E-state index in [1.165, 1.54) is 30.6 Å². The second kappa shape index (κ2) is 6.00. The lowest BCUT2D eigenvalue weighted by Crippen LogP contribution is -2.42. The summed E-state index contributed by atoms with van der Waals surface area (Å²) in [6.45, 7) is 3.21. The minimum absolute atomic E-state index is 0.0226. The number of hydrogen-bond donors (Lipinski definition) is 1. The molecular weight excluding hydrogens is 348 g/mol. The van der Waals surface area contributed by atoms with Gasteiger partial charge in [-0.15, -0.1) is 11.3 Å². The Balaban J connectivity index is 1.48. The summed E-state index contributed by atoms with van der Waals surface area (Å²) in [7, 11) is 0. The van der Waals surface area contributed by atoms with Gasteiger partial charge in [-0.05, 0) is 30.9 Å². The van der Waals surface area contributed by atoms with Crippen LogP contribution < -0.4 is 0 Å². The number of aliphatic carboxylic acids is 1. The summed E-state index contributed by atoms with van der Waals surface area (Å²) in [6, 6.07) is 3.43. The van der Waals surface area contributed by atoms with Crippen molar-refractivity contribution >= 4 is 34.8 Å². The van der Waals surface area contributed by atoms with Crippen LogP contribution in [0.25, 0.3) is 0 Å². The van der Waals surface area contributed by atoms with Crippen LogP contribution in [0.5, 0.6) is 0 Å². The van der Waals surface area contributed by atoms with Gasteiger partial charge < -0.3 is 14.9 Å². The van der Waals surface area contributed by atoms with Gasteiger partial charge in [0.1, 0.15) is 5.41 Å². The second-order valence-electron chi connectivity index (χ2n) is 7.44. The van der Waals surface area contributed by atoms with E-state index in [0.717, 1.165) is 19.0 Å². The Morgan fingerprint density at radius 1 is 1.29 bits per heavy atom. The average Bonchev–Trinajstić information content (AvgIpc) is 3.14. The maximum absolute atomic E-state index is 12.6. The average molecular weight is 369 g/mol. The van der Waals surface area contributed by atoms with Crippen molar-refractivity contribution in [2.45, 2.75) is 19.3 Å². The van der Waals surface area contributed by atoms with Gasteiger partial charge in [-0.1, -0.05) is 18.0 Å². The van der Waals surface area contributed by atoms with Gasteiger partial charge in [0.15, 0.2) is 0 Å². The van der Waals surface area contributed by atoms with Crippen molar-refractivity contribution in [1.29, 1.82) is 0 Å². The predicted molar refractivity (Wildman–Crippen MR) is 92.6 cm³/mol. The number of fused-ring (bicyclic) bond motifs is 1. The van der Waals surface area contributed by atoms with Crippen molar-refractivity contribution in [3.63, 3.8) is 0 Å². The Kier molecular flexibility index (Phi) is 4.09. The number of carbonyl (C=O) groups excluding carboxylic acids is 1. The van der Waals surface area contributed by atoms with Gasteiger partial charge in [0.05, 0.1) is 9.21 Å². The van der Waals surface area contributed by atoms with Crippen molar-refractivity contribution in [3.8, 4) is 0 Å². The van der Waals surface area contributed by atoms with Crippen LogP contribution in [0.1, 0.15) is 28.9 Å². The molecule has 130 valence electrons. The van der Waals surface area contributed by atoms with Crippen molar-refractivity contribution < 1.29 is 14.7 Å². The van der Waals surface area contributed by atoms with Crippen LogP contribution in [0.3, 0.4) is 0 Å². The van der Waals surface area contributed by atoms with Gasteiger partial charge in [-0.3, -0.25) is 9.59 Å². The number of amides is 1. The van der Waals surface area contributed by atoms with E-state index in [1.54, 1.807) is 17.0 Å². The van der Waals surface area contributed by atoms with Crippen LogP contribution >= 0.6 is 22.9 Å². The molecule has 2 atom stereocenters. The highest BCUT2D eigenvalue weighted by atomic mass is 35.5. The fraction of sp³-hybridized carbons (Fsp3) is 0.647. The zero-order chi connectivity index (χ0) is 16.9. The van der Waals surface area contributed by atoms with Crippen LogP contribution in [0.2, 0.25) is 4.34 Å². The van der Waals surface area contributed by atoms with E-state index in [9.17, 15) is 14.7 Å². The molecule has 1 N–H and O–H groups in total. The number of carboxylic acids is 1. The maximum Gasteiger partial charge on any atom is 0.313 e. The molecule has 3 aliphatic rings. The number of halogens is 1. The molecule has 0 aromatic carbocycles. The molecule has 0 unspecified atom stereocenters. The number of hydrogen-bond acceptors (Lipinski definition) is 4. The van der Waals surface area contributed by atoms with Crippen molar-refractivity contribution in [2.75, 3.05) is 32.7 Å². The standard InChI is InChI=1S/C17H21ClN2O3S/c18-14-5-4-13(24-14)15(21)20-8-12-7-19(6-11-2-1-3-11)9-17(12,10-20)16(22)23/h4-5,11-12H,1-3,6-10H2,(H,22,23)/t12-,17-/m1/s1. The summed E-state index contributed by atoms with van der Waals surface area (Å²) >= 11 is 7.17. The van der Waals surface area contributed by atoms with Gasteiger partial charge in [0.2, 0.25) is 0 Å². The fourth-order valence-corrected chi connectivity index (χ4v) is 5.40. The van der Waals surface area contributed by atoms with Crippen LogP contribution in [0, 0.1) is 17.3 Å². The quantitative estimate of drug-likeness (QED) is 0.887. The van der Waals surface area contributed by atoms with Crippen LogP contribution in [0.15, 0.2) is 12.1 Å². The Hall–Kier alpha value is -1.11. The molecule has 1 aromatic heterocycles. The Morgan fingerprint density at radius 3 is 2.62 bits per heavy atom. The number of likely N-dealkylation sites (tertiary alicyclic amines) is 2. The molecule has 1 aromatic rings. The molecule has 1 amide bonds. The predicted octanol–water partition coefficient (Wildman–Crippen LogP) is 2.66. The summed E-state index contributed by atoms with van der Waals surface area (Å²) in [5.41, 5.74) is -0.805. The molecule has 3 fully saturated rings. The minimum Gasteiger partial charge on any atom is -0.481 e. The summed E-state index contributed by atoms with van der Waals surface area (Å²) in [5, 5.41) is 9.89. The monoisotopic (exact) mass is 368 g/mol. The number of carboxylic acid groups (broad SMARTS) is 1. The number of nitrogens with zero attached hydrogens (tertiary/aromatic N) is 2. The van der Waals surface area contributed by atoms with Gasteiger partial charge in [0.25, 0.3) is 5.91 Å². The van der Waals surface area contributed by atoms with E-state index >= 15 is 0 Å². The Labute approximate surface area is 150 Å². The molecule has 5 nitrogen and oxygen atoms in total. The third-order valence-corrected chi connectivity index (χ3v) is 7.14. The first-order valence-corrected chi connectivity index (χ1v) is 9.68. The fourth-order valence-electron chi connectivity index (χ4n) is 4.39. The zero-order valence-electron chi connectivity index (χ0n) is 13.4. The topological polar surface area (TPSA) is 60.9 Å². The first kappa shape index (κ1) is 16.4. The minimum atomic E-state index is -0.805. The van der Waals surface area contributed by atoms with Gasteiger partial charge in [-0.25, -0.2) is 0 Å². The van der Waals surface area contributed by atoms with Crippen LogP contribution in [-0.2, 0) is 4.79 Å². The molecule has 2 saturated heterocycles. The van der Waals surface area contributed by atoms with E-state index < -0.39 is 11.4 Å². The lowest BCUT2D eigenvalue weighted by molar-refractivity contribution is -0.148. The van der Waals surface area contributed by atoms with Gasteiger partial charge in [-0.2, -0.15) is 0 Å². The maximum atomic E-state index is 12.6. The largest absolute Gasteiger partial charge is 0.481 e. The van der Waals surface area contributed by atoms with E-state index in [4.69, 9.17) is 11.6 Å². The zero-order valence-corrected chi connectivity index (χ0v) is 15.0. The van der Waals surface area contributed by atoms with Crippen molar-refractivity contribution in [3.05, 3.63) is 21.3 Å².